The number of sulfonamides is 1. The number of hydrogen-bond donors (Lipinski definition) is 1. The number of rotatable bonds is 14. The fourth-order valence-electron chi connectivity index (χ4n) is 4.09. The second kappa shape index (κ2) is 14.2. The molecule has 0 aromatic heterocycles. The Labute approximate surface area is 226 Å². The van der Waals surface area contributed by atoms with Gasteiger partial charge in [-0.05, 0) is 61.6 Å². The van der Waals surface area contributed by atoms with Crippen molar-refractivity contribution in [1.82, 2.24) is 10.2 Å². The Hall–Kier alpha value is -2.78. The molecule has 0 bridgehead atoms. The fraction of sp³-hybridized carbons (Fsp3) is 0.481. The first-order chi connectivity index (χ1) is 17.5. The zero-order valence-corrected chi connectivity index (χ0v) is 23.9. The molecule has 2 aromatic carbocycles. The lowest BCUT2D eigenvalue weighted by Crippen LogP contribution is -2.49. The molecule has 0 heterocycles. The molecular formula is C27H38ClN3O5S. The molecule has 0 spiro atoms. The van der Waals surface area contributed by atoms with Gasteiger partial charge in [-0.1, -0.05) is 43.6 Å². The lowest BCUT2D eigenvalue weighted by atomic mass is 10.1. The van der Waals surface area contributed by atoms with Gasteiger partial charge in [-0.15, -0.1) is 0 Å². The van der Waals surface area contributed by atoms with Gasteiger partial charge in [-0.3, -0.25) is 13.9 Å². The lowest BCUT2D eigenvalue weighted by molar-refractivity contribution is -0.141. The zero-order valence-electron chi connectivity index (χ0n) is 22.3. The van der Waals surface area contributed by atoms with Crippen molar-refractivity contribution in [3.8, 4) is 5.75 Å². The van der Waals surface area contributed by atoms with Crippen molar-refractivity contribution >= 4 is 39.1 Å². The molecule has 37 heavy (non-hydrogen) atoms. The Morgan fingerprint density at radius 1 is 1.14 bits per heavy atom. The summed E-state index contributed by atoms with van der Waals surface area (Å²) in [6.45, 7) is 6.52. The average molecular weight is 552 g/mol. The fourth-order valence-corrected chi connectivity index (χ4v) is 5.27. The van der Waals surface area contributed by atoms with Crippen LogP contribution in [0.25, 0.3) is 0 Å². The number of hydrogen-bond acceptors (Lipinski definition) is 5. The van der Waals surface area contributed by atoms with Crippen LogP contribution in [0, 0.1) is 6.92 Å². The molecule has 0 fully saturated rings. The minimum Gasteiger partial charge on any atom is -0.497 e. The molecule has 2 rings (SSSR count). The van der Waals surface area contributed by atoms with Crippen LogP contribution in [0.1, 0.15) is 50.7 Å². The number of aryl methyl sites for hydroxylation is 1. The van der Waals surface area contributed by atoms with Crippen LogP contribution in [0.5, 0.6) is 5.75 Å². The van der Waals surface area contributed by atoms with Crippen molar-refractivity contribution in [3.05, 3.63) is 58.6 Å². The van der Waals surface area contributed by atoms with Crippen molar-refractivity contribution in [2.24, 2.45) is 0 Å². The molecule has 1 unspecified atom stereocenters. The summed E-state index contributed by atoms with van der Waals surface area (Å²) in [6.07, 6.45) is 2.72. The van der Waals surface area contributed by atoms with E-state index in [-0.39, 0.29) is 37.7 Å². The molecule has 8 nitrogen and oxygen atoms in total. The summed E-state index contributed by atoms with van der Waals surface area (Å²) in [5.74, 6) is 0.236. The summed E-state index contributed by atoms with van der Waals surface area (Å²) in [4.78, 5) is 28.0. The maximum Gasteiger partial charge on any atom is 0.242 e. The summed E-state index contributed by atoms with van der Waals surface area (Å²) in [7, 11) is -2.03. The monoisotopic (exact) mass is 551 g/mol. The number of carbonyl (C=O) groups is 2. The summed E-state index contributed by atoms with van der Waals surface area (Å²) < 4.78 is 31.7. The number of ether oxygens (including phenoxy) is 1. The van der Waals surface area contributed by atoms with Crippen LogP contribution in [0.2, 0.25) is 5.02 Å². The highest BCUT2D eigenvalue weighted by atomic mass is 35.5. The zero-order chi connectivity index (χ0) is 27.6. The Balaban J connectivity index is 2.26. The topological polar surface area (TPSA) is 96.0 Å². The van der Waals surface area contributed by atoms with E-state index in [0.717, 1.165) is 23.8 Å². The second-order valence-electron chi connectivity index (χ2n) is 8.96. The molecule has 1 atom stereocenters. The third-order valence-corrected chi connectivity index (χ3v) is 7.43. The molecule has 10 heteroatoms. The molecule has 0 radical (unpaired) electrons. The van der Waals surface area contributed by atoms with Crippen LogP contribution in [0.15, 0.2) is 42.5 Å². The predicted octanol–water partition coefficient (Wildman–Crippen LogP) is 4.54. The summed E-state index contributed by atoms with van der Waals surface area (Å²) in [6, 6.07) is 11.8. The summed E-state index contributed by atoms with van der Waals surface area (Å²) in [5, 5.41) is 3.33. The number of anilines is 1. The predicted molar refractivity (Wildman–Crippen MR) is 149 cm³/mol. The van der Waals surface area contributed by atoms with Crippen molar-refractivity contribution in [3.63, 3.8) is 0 Å². The van der Waals surface area contributed by atoms with Crippen LogP contribution in [-0.4, -0.2) is 57.6 Å². The van der Waals surface area contributed by atoms with Crippen molar-refractivity contribution in [2.45, 2.75) is 59.0 Å². The van der Waals surface area contributed by atoms with Gasteiger partial charge in [0.2, 0.25) is 21.8 Å². The maximum atomic E-state index is 13.5. The van der Waals surface area contributed by atoms with Gasteiger partial charge >= 0.3 is 0 Å². The van der Waals surface area contributed by atoms with E-state index < -0.39 is 16.1 Å². The molecule has 2 amide bonds. The normalized spacial score (nSPS) is 12.1. The van der Waals surface area contributed by atoms with Gasteiger partial charge in [0.25, 0.3) is 0 Å². The highest BCUT2D eigenvalue weighted by molar-refractivity contribution is 7.92. The van der Waals surface area contributed by atoms with Gasteiger partial charge < -0.3 is 15.0 Å². The number of halogens is 1. The van der Waals surface area contributed by atoms with E-state index in [1.807, 2.05) is 45.0 Å². The van der Waals surface area contributed by atoms with Gasteiger partial charge in [0, 0.05) is 31.1 Å². The molecule has 1 N–H and O–H groups in total. The maximum absolute atomic E-state index is 13.5. The van der Waals surface area contributed by atoms with E-state index in [2.05, 4.69) is 5.32 Å². The van der Waals surface area contributed by atoms with Crippen LogP contribution in [0.3, 0.4) is 0 Å². The number of nitrogens with zero attached hydrogens (tertiary/aromatic N) is 2. The third kappa shape index (κ3) is 8.93. The smallest absolute Gasteiger partial charge is 0.242 e. The van der Waals surface area contributed by atoms with Crippen LogP contribution in [0.4, 0.5) is 5.69 Å². The van der Waals surface area contributed by atoms with E-state index in [4.69, 9.17) is 16.3 Å². The van der Waals surface area contributed by atoms with Gasteiger partial charge in [-0.25, -0.2) is 8.42 Å². The standard InChI is InChI=1S/C27H38ClN3O5S/c1-6-15-29-27(33)24(7-2)30(19-21-10-8-11-23(17-21)36-4)26(32)12-9-16-31(37(5,34)35)25-18-22(28)14-13-20(25)3/h8,10-11,13-14,17-18,24H,6-7,9,12,15-16,19H2,1-5H3,(H,29,33). The highest BCUT2D eigenvalue weighted by Crippen LogP contribution is 2.27. The van der Waals surface area contributed by atoms with E-state index in [1.54, 1.807) is 30.2 Å². The van der Waals surface area contributed by atoms with Crippen molar-refractivity contribution in [1.29, 1.82) is 0 Å². The first-order valence-corrected chi connectivity index (χ1v) is 14.7. The van der Waals surface area contributed by atoms with Gasteiger partial charge in [0.15, 0.2) is 0 Å². The summed E-state index contributed by atoms with van der Waals surface area (Å²) >= 11 is 6.12. The van der Waals surface area contributed by atoms with Gasteiger partial charge in [-0.2, -0.15) is 0 Å². The third-order valence-electron chi connectivity index (χ3n) is 6.01. The Bertz CT molecular complexity index is 1170. The van der Waals surface area contributed by atoms with Crippen LogP contribution >= 0.6 is 11.6 Å². The molecule has 0 saturated carbocycles. The van der Waals surface area contributed by atoms with E-state index >= 15 is 0 Å². The van der Waals surface area contributed by atoms with Crippen LogP contribution < -0.4 is 14.4 Å². The molecule has 0 saturated heterocycles. The average Bonchev–Trinajstić information content (AvgIpc) is 2.86. The summed E-state index contributed by atoms with van der Waals surface area (Å²) in [5.41, 5.74) is 2.09. The second-order valence-corrected chi connectivity index (χ2v) is 11.3. The molecule has 0 aliphatic rings. The van der Waals surface area contributed by atoms with Gasteiger partial charge in [0.05, 0.1) is 19.1 Å². The Morgan fingerprint density at radius 3 is 2.49 bits per heavy atom. The lowest BCUT2D eigenvalue weighted by Gasteiger charge is -2.31. The molecule has 0 aliphatic carbocycles. The van der Waals surface area contributed by atoms with Crippen molar-refractivity contribution < 1.29 is 22.7 Å². The first kappa shape index (κ1) is 30.4. The number of carbonyl (C=O) groups excluding carboxylic acids is 2. The van der Waals surface area contributed by atoms with Crippen LogP contribution in [-0.2, 0) is 26.2 Å². The van der Waals surface area contributed by atoms with E-state index in [0.29, 0.717) is 29.4 Å². The highest BCUT2D eigenvalue weighted by Gasteiger charge is 2.29. The van der Waals surface area contributed by atoms with E-state index in [9.17, 15) is 18.0 Å². The number of nitrogens with one attached hydrogen (secondary N) is 1. The minimum atomic E-state index is -3.60. The number of amides is 2. The Kier molecular flexibility index (Phi) is 11.7. The van der Waals surface area contributed by atoms with Crippen molar-refractivity contribution in [2.75, 3.05) is 30.8 Å². The Morgan fingerprint density at radius 2 is 1.86 bits per heavy atom. The molecule has 0 aliphatic heterocycles. The number of methoxy groups -OCH3 is 1. The largest absolute Gasteiger partial charge is 0.497 e. The molecular weight excluding hydrogens is 514 g/mol. The number of benzene rings is 2. The minimum absolute atomic E-state index is 0.0765. The molecule has 2 aromatic rings. The van der Waals surface area contributed by atoms with Gasteiger partial charge in [0.1, 0.15) is 11.8 Å². The first-order valence-electron chi connectivity index (χ1n) is 12.5. The van der Waals surface area contributed by atoms with E-state index in [1.165, 1.54) is 4.31 Å². The molecule has 204 valence electrons. The quantitative estimate of drug-likeness (QED) is 0.372. The SMILES string of the molecule is CCCNC(=O)C(CC)N(Cc1cccc(OC)c1)C(=O)CCCN(c1cc(Cl)ccc1C)S(C)(=O)=O.